The molecule has 16 heavy (non-hydrogen) atoms. The summed E-state index contributed by atoms with van der Waals surface area (Å²) in [6.45, 7) is 3.83. The second kappa shape index (κ2) is 6.35. The van der Waals surface area contributed by atoms with Crippen LogP contribution in [0.15, 0.2) is 12.1 Å². The maximum atomic E-state index is 11.2. The van der Waals surface area contributed by atoms with E-state index in [1.165, 1.54) is 0 Å². The molecule has 1 rings (SSSR count). The maximum Gasteiger partial charge on any atom is 0.238 e. The van der Waals surface area contributed by atoms with Crippen LogP contribution in [-0.2, 0) is 4.79 Å². The molecule has 0 spiro atoms. The largest absolute Gasteiger partial charge is 0.497 e. The third-order valence-corrected chi connectivity index (χ3v) is 2.19. The lowest BCUT2D eigenvalue weighted by atomic mass is 10.1. The Kier molecular flexibility index (Phi) is 5.85. The molecule has 5 heteroatoms. The van der Waals surface area contributed by atoms with Crippen molar-refractivity contribution in [2.24, 2.45) is 5.73 Å². The molecule has 1 aromatic carbocycles. The molecular weight excluding hydrogens is 228 g/mol. The lowest BCUT2D eigenvalue weighted by Crippen LogP contribution is -2.22. The first-order valence-electron chi connectivity index (χ1n) is 4.73. The number of nitrogens with one attached hydrogen (secondary N) is 1. The van der Waals surface area contributed by atoms with Gasteiger partial charge in [-0.1, -0.05) is 0 Å². The molecule has 0 saturated heterocycles. The van der Waals surface area contributed by atoms with Gasteiger partial charge in [0.1, 0.15) is 5.75 Å². The van der Waals surface area contributed by atoms with Gasteiger partial charge in [0.2, 0.25) is 5.91 Å². The van der Waals surface area contributed by atoms with Crippen LogP contribution in [0.2, 0.25) is 0 Å². The fourth-order valence-electron chi connectivity index (χ4n) is 1.43. The monoisotopic (exact) mass is 244 g/mol. The summed E-state index contributed by atoms with van der Waals surface area (Å²) in [4.78, 5) is 11.2. The number of nitrogens with two attached hydrogens (primary N) is 1. The van der Waals surface area contributed by atoms with Crippen LogP contribution < -0.4 is 15.8 Å². The SMILES string of the molecule is COc1cc(C)c(NC(=O)CN)c(C)c1.Cl. The molecule has 0 aliphatic heterocycles. The Bertz CT molecular complexity index is 357. The summed E-state index contributed by atoms with van der Waals surface area (Å²) in [6, 6.07) is 3.75. The van der Waals surface area contributed by atoms with Gasteiger partial charge in [-0.05, 0) is 37.1 Å². The molecule has 0 saturated carbocycles. The van der Waals surface area contributed by atoms with Gasteiger partial charge in [0, 0.05) is 5.69 Å². The number of ether oxygens (including phenoxy) is 1. The van der Waals surface area contributed by atoms with Crippen LogP contribution in [0.5, 0.6) is 5.75 Å². The number of carbonyl (C=O) groups excluding carboxylic acids is 1. The standard InChI is InChI=1S/C11H16N2O2.ClH/c1-7-4-9(15-3)5-8(2)11(7)13-10(14)6-12;/h4-5H,6,12H2,1-3H3,(H,13,14);1H. The van der Waals surface area contributed by atoms with Crippen molar-refractivity contribution in [1.29, 1.82) is 0 Å². The third-order valence-electron chi connectivity index (χ3n) is 2.19. The third kappa shape index (κ3) is 3.40. The molecule has 3 N–H and O–H groups in total. The average Bonchev–Trinajstić information content (AvgIpc) is 2.22. The predicted octanol–water partition coefficient (Wildman–Crippen LogP) is 1.63. The van der Waals surface area contributed by atoms with Crippen molar-refractivity contribution < 1.29 is 9.53 Å². The maximum absolute atomic E-state index is 11.2. The van der Waals surface area contributed by atoms with Crippen LogP contribution in [0.3, 0.4) is 0 Å². The van der Waals surface area contributed by atoms with Gasteiger partial charge >= 0.3 is 0 Å². The topological polar surface area (TPSA) is 64.3 Å². The molecule has 0 aromatic heterocycles. The number of hydrogen-bond donors (Lipinski definition) is 2. The molecule has 0 aliphatic carbocycles. The Morgan fingerprint density at radius 1 is 1.38 bits per heavy atom. The summed E-state index contributed by atoms with van der Waals surface area (Å²) in [6.07, 6.45) is 0. The van der Waals surface area contributed by atoms with Gasteiger partial charge in [-0.3, -0.25) is 4.79 Å². The van der Waals surface area contributed by atoms with Crippen molar-refractivity contribution in [3.8, 4) is 5.75 Å². The summed E-state index contributed by atoms with van der Waals surface area (Å²) in [5.41, 5.74) is 7.98. The molecule has 0 atom stereocenters. The van der Waals surface area contributed by atoms with E-state index < -0.39 is 0 Å². The zero-order chi connectivity index (χ0) is 11.4. The molecule has 90 valence electrons. The number of anilines is 1. The second-order valence-corrected chi connectivity index (χ2v) is 3.39. The Morgan fingerprint density at radius 2 is 1.88 bits per heavy atom. The lowest BCUT2D eigenvalue weighted by Gasteiger charge is -2.12. The highest BCUT2D eigenvalue weighted by Gasteiger charge is 2.07. The van der Waals surface area contributed by atoms with Crippen LogP contribution in [0.25, 0.3) is 0 Å². The van der Waals surface area contributed by atoms with Gasteiger partial charge in [-0.2, -0.15) is 0 Å². The number of carbonyl (C=O) groups is 1. The van der Waals surface area contributed by atoms with Crippen molar-refractivity contribution in [3.63, 3.8) is 0 Å². The number of hydrogen-bond acceptors (Lipinski definition) is 3. The highest BCUT2D eigenvalue weighted by atomic mass is 35.5. The molecule has 0 unspecified atom stereocenters. The predicted molar refractivity (Wildman–Crippen MR) is 67.4 cm³/mol. The quantitative estimate of drug-likeness (QED) is 0.850. The molecule has 0 heterocycles. The summed E-state index contributed by atoms with van der Waals surface area (Å²) in [5, 5.41) is 2.76. The molecule has 0 aliphatic rings. The van der Waals surface area contributed by atoms with Gasteiger partial charge < -0.3 is 15.8 Å². The van der Waals surface area contributed by atoms with E-state index in [0.29, 0.717) is 0 Å². The van der Waals surface area contributed by atoms with Gasteiger partial charge in [0.25, 0.3) is 0 Å². The fraction of sp³-hybridized carbons (Fsp3) is 0.364. The average molecular weight is 245 g/mol. The summed E-state index contributed by atoms with van der Waals surface area (Å²) >= 11 is 0. The van der Waals surface area contributed by atoms with Crippen LogP contribution in [0, 0.1) is 13.8 Å². The minimum Gasteiger partial charge on any atom is -0.497 e. The molecule has 0 radical (unpaired) electrons. The van der Waals surface area contributed by atoms with Crippen LogP contribution in [0.1, 0.15) is 11.1 Å². The van der Waals surface area contributed by atoms with E-state index in [4.69, 9.17) is 10.5 Å². The van der Waals surface area contributed by atoms with E-state index in [2.05, 4.69) is 5.32 Å². The first-order chi connectivity index (χ1) is 7.08. The van der Waals surface area contributed by atoms with E-state index in [-0.39, 0.29) is 24.9 Å². The number of aryl methyl sites for hydroxylation is 2. The number of halogens is 1. The second-order valence-electron chi connectivity index (χ2n) is 3.39. The minimum absolute atomic E-state index is 0. The van der Waals surface area contributed by atoms with Gasteiger partial charge in [0.05, 0.1) is 13.7 Å². The molecule has 1 amide bonds. The van der Waals surface area contributed by atoms with E-state index in [9.17, 15) is 4.79 Å². The Morgan fingerprint density at radius 3 is 2.25 bits per heavy atom. The Labute approximate surface area is 102 Å². The van der Waals surface area contributed by atoms with E-state index in [0.717, 1.165) is 22.6 Å². The minimum atomic E-state index is -0.189. The van der Waals surface area contributed by atoms with Crippen molar-refractivity contribution >= 4 is 24.0 Å². The van der Waals surface area contributed by atoms with Crippen molar-refractivity contribution in [1.82, 2.24) is 0 Å². The molecule has 1 aromatic rings. The molecule has 0 bridgehead atoms. The fourth-order valence-corrected chi connectivity index (χ4v) is 1.43. The summed E-state index contributed by atoms with van der Waals surface area (Å²) in [7, 11) is 1.62. The lowest BCUT2D eigenvalue weighted by molar-refractivity contribution is -0.114. The summed E-state index contributed by atoms with van der Waals surface area (Å²) in [5.74, 6) is 0.599. The highest BCUT2D eigenvalue weighted by molar-refractivity contribution is 5.93. The van der Waals surface area contributed by atoms with Gasteiger partial charge in [-0.15, -0.1) is 12.4 Å². The smallest absolute Gasteiger partial charge is 0.238 e. The van der Waals surface area contributed by atoms with E-state index in [1.54, 1.807) is 7.11 Å². The van der Waals surface area contributed by atoms with Gasteiger partial charge in [0.15, 0.2) is 0 Å². The van der Waals surface area contributed by atoms with Crippen LogP contribution in [0.4, 0.5) is 5.69 Å². The van der Waals surface area contributed by atoms with Crippen molar-refractivity contribution in [2.45, 2.75) is 13.8 Å². The Balaban J connectivity index is 0.00000225. The zero-order valence-corrected chi connectivity index (χ0v) is 10.5. The number of methoxy groups -OCH3 is 1. The van der Waals surface area contributed by atoms with Gasteiger partial charge in [-0.25, -0.2) is 0 Å². The number of benzene rings is 1. The molecular formula is C11H17ClN2O2. The van der Waals surface area contributed by atoms with E-state index in [1.807, 2.05) is 26.0 Å². The van der Waals surface area contributed by atoms with Crippen molar-refractivity contribution in [2.75, 3.05) is 19.0 Å². The zero-order valence-electron chi connectivity index (χ0n) is 9.66. The molecule has 4 nitrogen and oxygen atoms in total. The van der Waals surface area contributed by atoms with E-state index >= 15 is 0 Å². The normalized spacial score (nSPS) is 9.25. The highest BCUT2D eigenvalue weighted by Crippen LogP contribution is 2.25. The molecule has 0 fully saturated rings. The number of rotatable bonds is 3. The Hall–Kier alpha value is -1.26. The van der Waals surface area contributed by atoms with Crippen molar-refractivity contribution in [3.05, 3.63) is 23.3 Å². The first-order valence-corrected chi connectivity index (χ1v) is 4.73. The summed E-state index contributed by atoms with van der Waals surface area (Å²) < 4.78 is 5.12. The number of amides is 1. The van der Waals surface area contributed by atoms with Crippen LogP contribution >= 0.6 is 12.4 Å². The van der Waals surface area contributed by atoms with Crippen LogP contribution in [-0.4, -0.2) is 19.6 Å². The first kappa shape index (κ1) is 14.7.